The fraction of sp³-hybridized carbons (Fsp3) is 0.222. The topological polar surface area (TPSA) is 32.6 Å². The van der Waals surface area contributed by atoms with Crippen LogP contribution in [0.5, 0.6) is 0 Å². The normalized spacial score (nSPS) is 18.2. The van der Waals surface area contributed by atoms with Gasteiger partial charge in [-0.25, -0.2) is 0 Å². The van der Waals surface area contributed by atoms with Crippen LogP contribution in [-0.4, -0.2) is 10.9 Å². The van der Waals surface area contributed by atoms with Crippen molar-refractivity contribution < 1.29 is 5.21 Å². The highest BCUT2D eigenvalue weighted by Gasteiger charge is 2.17. The van der Waals surface area contributed by atoms with Crippen molar-refractivity contribution in [3.05, 3.63) is 33.8 Å². The number of oxime groups is 1. The number of benzene rings is 1. The maximum Gasteiger partial charge on any atom is 0.0874 e. The van der Waals surface area contributed by atoms with Crippen molar-refractivity contribution in [3.8, 4) is 0 Å². The molecular weight excluding hydrogens is 218 g/mol. The minimum absolute atomic E-state index is 0.798. The molecule has 1 N–H and O–H groups in total. The van der Waals surface area contributed by atoms with E-state index in [-0.39, 0.29) is 0 Å². The number of nitrogens with zero attached hydrogens (tertiary/aromatic N) is 1. The molecule has 0 saturated heterocycles. The number of hydrogen-bond acceptors (Lipinski definition) is 2. The summed E-state index contributed by atoms with van der Waals surface area (Å²) in [5.74, 6) is 0. The molecule has 0 heterocycles. The number of halogens is 1. The maximum absolute atomic E-state index is 8.68. The van der Waals surface area contributed by atoms with Crippen LogP contribution in [0.25, 0.3) is 0 Å². The van der Waals surface area contributed by atoms with Gasteiger partial charge >= 0.3 is 0 Å². The van der Waals surface area contributed by atoms with Gasteiger partial charge in [0.2, 0.25) is 0 Å². The van der Waals surface area contributed by atoms with E-state index in [4.69, 9.17) is 5.21 Å². The minimum atomic E-state index is 0.798. The molecule has 0 aromatic heterocycles. The summed E-state index contributed by atoms with van der Waals surface area (Å²) in [7, 11) is 0. The molecule has 0 unspecified atom stereocenters. The van der Waals surface area contributed by atoms with E-state index in [1.807, 2.05) is 12.1 Å². The first kappa shape index (κ1) is 7.80. The summed E-state index contributed by atoms with van der Waals surface area (Å²) < 4.78 is 1.03. The third kappa shape index (κ3) is 1.14. The fourth-order valence-corrected chi connectivity index (χ4v) is 1.89. The van der Waals surface area contributed by atoms with Gasteiger partial charge in [0.15, 0.2) is 0 Å². The van der Waals surface area contributed by atoms with Gasteiger partial charge in [-0.2, -0.15) is 0 Å². The lowest BCUT2D eigenvalue weighted by Gasteiger charge is -1.98. The third-order valence-corrected chi connectivity index (χ3v) is 2.63. The monoisotopic (exact) mass is 225 g/mol. The second-order valence-corrected chi connectivity index (χ2v) is 3.76. The zero-order valence-electron chi connectivity index (χ0n) is 6.42. The number of rotatable bonds is 0. The fourth-order valence-electron chi connectivity index (χ4n) is 1.53. The third-order valence-electron chi connectivity index (χ3n) is 2.13. The van der Waals surface area contributed by atoms with Crippen LogP contribution in [0, 0.1) is 0 Å². The van der Waals surface area contributed by atoms with Crippen LogP contribution in [0.15, 0.2) is 27.8 Å². The highest BCUT2D eigenvalue weighted by atomic mass is 79.9. The minimum Gasteiger partial charge on any atom is -0.411 e. The molecule has 3 heteroatoms. The van der Waals surface area contributed by atoms with Crippen LogP contribution >= 0.6 is 15.9 Å². The molecule has 0 amide bonds. The van der Waals surface area contributed by atoms with Gasteiger partial charge in [-0.3, -0.25) is 0 Å². The number of fused-ring (bicyclic) bond motifs is 1. The van der Waals surface area contributed by atoms with Crippen LogP contribution < -0.4 is 0 Å². The lowest BCUT2D eigenvalue weighted by Crippen LogP contribution is -1.93. The summed E-state index contributed by atoms with van der Waals surface area (Å²) in [6.07, 6.45) is 1.84. The van der Waals surface area contributed by atoms with E-state index in [2.05, 4.69) is 27.2 Å². The molecule has 0 aliphatic heterocycles. The Kier molecular flexibility index (Phi) is 1.89. The van der Waals surface area contributed by atoms with Crippen LogP contribution in [0.1, 0.15) is 17.5 Å². The van der Waals surface area contributed by atoms with Crippen LogP contribution in [0.2, 0.25) is 0 Å². The zero-order chi connectivity index (χ0) is 8.55. The molecule has 2 nitrogen and oxygen atoms in total. The van der Waals surface area contributed by atoms with Crippen molar-refractivity contribution in [2.24, 2.45) is 5.16 Å². The standard InChI is InChI=1S/C9H8BrNO/c10-7-3-1-6-2-4-9(11-12)8(6)5-7/h1,3,5,12H,2,4H2/b11-9-. The average molecular weight is 226 g/mol. The smallest absolute Gasteiger partial charge is 0.0874 e. The van der Waals surface area contributed by atoms with Gasteiger partial charge in [-0.1, -0.05) is 27.2 Å². The van der Waals surface area contributed by atoms with Gasteiger partial charge in [-0.15, -0.1) is 0 Å². The molecule has 1 aromatic rings. The van der Waals surface area contributed by atoms with E-state index >= 15 is 0 Å². The van der Waals surface area contributed by atoms with Crippen molar-refractivity contribution in [3.63, 3.8) is 0 Å². The molecular formula is C9H8BrNO. The molecule has 62 valence electrons. The van der Waals surface area contributed by atoms with Crippen molar-refractivity contribution in [1.29, 1.82) is 0 Å². The van der Waals surface area contributed by atoms with E-state index in [0.717, 1.165) is 28.6 Å². The Morgan fingerprint density at radius 1 is 1.33 bits per heavy atom. The van der Waals surface area contributed by atoms with Gasteiger partial charge in [0, 0.05) is 10.0 Å². The zero-order valence-corrected chi connectivity index (χ0v) is 8.00. The summed E-state index contributed by atoms with van der Waals surface area (Å²) >= 11 is 3.38. The van der Waals surface area contributed by atoms with Gasteiger partial charge < -0.3 is 5.21 Å². The number of hydrogen-bond donors (Lipinski definition) is 1. The second-order valence-electron chi connectivity index (χ2n) is 2.85. The van der Waals surface area contributed by atoms with E-state index in [1.54, 1.807) is 0 Å². The van der Waals surface area contributed by atoms with Crippen molar-refractivity contribution in [1.82, 2.24) is 0 Å². The molecule has 12 heavy (non-hydrogen) atoms. The highest BCUT2D eigenvalue weighted by molar-refractivity contribution is 9.10. The highest BCUT2D eigenvalue weighted by Crippen LogP contribution is 2.25. The first-order valence-corrected chi connectivity index (χ1v) is 4.60. The Labute approximate surface area is 79.0 Å². The maximum atomic E-state index is 8.68. The predicted octanol–water partition coefficient (Wildman–Crippen LogP) is 2.57. The van der Waals surface area contributed by atoms with Gasteiger partial charge in [0.05, 0.1) is 5.71 Å². The molecule has 0 bridgehead atoms. The van der Waals surface area contributed by atoms with Gasteiger partial charge in [-0.05, 0) is 30.5 Å². The van der Waals surface area contributed by atoms with Gasteiger partial charge in [0.1, 0.15) is 0 Å². The van der Waals surface area contributed by atoms with Crippen LogP contribution in [-0.2, 0) is 6.42 Å². The summed E-state index contributed by atoms with van der Waals surface area (Å²) in [4.78, 5) is 0. The molecule has 0 saturated carbocycles. The van der Waals surface area contributed by atoms with E-state index in [9.17, 15) is 0 Å². The van der Waals surface area contributed by atoms with Crippen LogP contribution in [0.3, 0.4) is 0 Å². The predicted molar refractivity (Wildman–Crippen MR) is 50.8 cm³/mol. The molecule has 1 aromatic carbocycles. The lowest BCUT2D eigenvalue weighted by atomic mass is 10.1. The quantitative estimate of drug-likeness (QED) is 0.535. The SMILES string of the molecule is O/N=C1/CCc2ccc(Br)cc21. The molecule has 1 aliphatic rings. The Morgan fingerprint density at radius 3 is 2.92 bits per heavy atom. The molecule has 0 spiro atoms. The van der Waals surface area contributed by atoms with Crippen LogP contribution in [0.4, 0.5) is 0 Å². The average Bonchev–Trinajstić information content (AvgIpc) is 2.46. The Hall–Kier alpha value is -0.830. The largest absolute Gasteiger partial charge is 0.411 e. The van der Waals surface area contributed by atoms with E-state index < -0.39 is 0 Å². The lowest BCUT2D eigenvalue weighted by molar-refractivity contribution is 0.318. The summed E-state index contributed by atoms with van der Waals surface area (Å²) in [6, 6.07) is 6.08. The molecule has 1 aliphatic carbocycles. The van der Waals surface area contributed by atoms with E-state index in [1.165, 1.54) is 5.56 Å². The summed E-state index contributed by atoms with van der Waals surface area (Å²) in [5.41, 5.74) is 3.14. The molecule has 0 atom stereocenters. The second kappa shape index (κ2) is 2.90. The first-order valence-electron chi connectivity index (χ1n) is 3.81. The van der Waals surface area contributed by atoms with Crippen molar-refractivity contribution in [2.75, 3.05) is 0 Å². The first-order chi connectivity index (χ1) is 5.81. The number of aryl methyl sites for hydroxylation is 1. The summed E-state index contributed by atoms with van der Waals surface area (Å²) in [5, 5.41) is 11.9. The molecule has 2 rings (SSSR count). The van der Waals surface area contributed by atoms with Crippen molar-refractivity contribution in [2.45, 2.75) is 12.8 Å². The van der Waals surface area contributed by atoms with E-state index in [0.29, 0.717) is 0 Å². The molecule has 0 radical (unpaired) electrons. The van der Waals surface area contributed by atoms with Gasteiger partial charge in [0.25, 0.3) is 0 Å². The summed E-state index contributed by atoms with van der Waals surface area (Å²) in [6.45, 7) is 0. The Bertz CT molecular complexity index is 346. The molecule has 0 fully saturated rings. The Balaban J connectivity index is 2.57. The van der Waals surface area contributed by atoms with Crippen molar-refractivity contribution >= 4 is 21.6 Å². The Morgan fingerprint density at radius 2 is 2.17 bits per heavy atom.